The first-order valence-electron chi connectivity index (χ1n) is 7.22. The van der Waals surface area contributed by atoms with Gasteiger partial charge in [-0.05, 0) is 42.8 Å². The molecule has 3 aromatic rings. The highest BCUT2D eigenvalue weighted by Gasteiger charge is 2.07. The zero-order chi connectivity index (χ0) is 16.4. The number of aromatic amines is 1. The van der Waals surface area contributed by atoms with Gasteiger partial charge in [0.1, 0.15) is 17.3 Å². The second-order valence-electron chi connectivity index (χ2n) is 5.15. The minimum atomic E-state index is -0.173. The maximum atomic E-state index is 12.2. The third kappa shape index (κ3) is 3.66. The van der Waals surface area contributed by atoms with Crippen LogP contribution in [-0.4, -0.2) is 9.97 Å². The molecule has 0 bridgehead atoms. The third-order valence-corrected chi connectivity index (χ3v) is 3.72. The molecule has 1 heterocycles. The Morgan fingerprint density at radius 2 is 1.83 bits per heavy atom. The Morgan fingerprint density at radius 3 is 2.52 bits per heavy atom. The predicted octanol–water partition coefficient (Wildman–Crippen LogP) is 4.97. The van der Waals surface area contributed by atoms with Crippen molar-refractivity contribution in [2.24, 2.45) is 0 Å². The predicted molar refractivity (Wildman–Crippen MR) is 92.9 cm³/mol. The summed E-state index contributed by atoms with van der Waals surface area (Å²) in [5, 5.41) is 1.45. The molecule has 118 valence electrons. The molecule has 0 radical (unpaired) electrons. The van der Waals surface area contributed by atoms with Crippen molar-refractivity contribution in [1.82, 2.24) is 9.97 Å². The van der Waals surface area contributed by atoms with Crippen LogP contribution in [0.25, 0.3) is 10.9 Å². The summed E-state index contributed by atoms with van der Waals surface area (Å²) in [5.74, 6) is 1.72. The van der Waals surface area contributed by atoms with Crippen molar-refractivity contribution in [3.63, 3.8) is 0 Å². The van der Waals surface area contributed by atoms with E-state index in [-0.39, 0.29) is 5.56 Å². The van der Waals surface area contributed by atoms with Gasteiger partial charge in [-0.15, -0.1) is 0 Å². The largest absolute Gasteiger partial charge is 0.457 e. The Hall–Kier alpha value is -2.04. The molecule has 1 N–H and O–H groups in total. The van der Waals surface area contributed by atoms with Crippen molar-refractivity contribution in [1.29, 1.82) is 0 Å². The summed E-state index contributed by atoms with van der Waals surface area (Å²) in [6.07, 6.45) is 1.66. The van der Waals surface area contributed by atoms with E-state index in [0.29, 0.717) is 38.3 Å². The number of nitrogens with one attached hydrogen (secondary N) is 1. The lowest BCUT2D eigenvalue weighted by molar-refractivity contribution is 0.483. The number of benzene rings is 2. The summed E-state index contributed by atoms with van der Waals surface area (Å²) in [6, 6.07) is 10.1. The number of hydrogen-bond acceptors (Lipinski definition) is 3. The smallest absolute Gasteiger partial charge is 0.258 e. The monoisotopic (exact) mass is 348 g/mol. The first-order chi connectivity index (χ1) is 11.0. The average Bonchev–Trinajstić information content (AvgIpc) is 2.47. The SMILES string of the molecule is CCCc1nc2ccc(Oc3cc(Cl)cc(Cl)c3)cc2c(=O)[nH]1. The van der Waals surface area contributed by atoms with Crippen molar-refractivity contribution >= 4 is 34.1 Å². The highest BCUT2D eigenvalue weighted by Crippen LogP contribution is 2.29. The summed E-state index contributed by atoms with van der Waals surface area (Å²) < 4.78 is 5.73. The van der Waals surface area contributed by atoms with Crippen LogP contribution in [0, 0.1) is 0 Å². The molecule has 0 atom stereocenters. The molecule has 0 fully saturated rings. The van der Waals surface area contributed by atoms with E-state index in [0.717, 1.165) is 12.8 Å². The highest BCUT2D eigenvalue weighted by atomic mass is 35.5. The van der Waals surface area contributed by atoms with Crippen molar-refractivity contribution < 1.29 is 4.74 Å². The van der Waals surface area contributed by atoms with Crippen LogP contribution < -0.4 is 10.3 Å². The van der Waals surface area contributed by atoms with Crippen LogP contribution in [0.2, 0.25) is 10.0 Å². The van der Waals surface area contributed by atoms with Gasteiger partial charge in [0.2, 0.25) is 0 Å². The van der Waals surface area contributed by atoms with Gasteiger partial charge in [0.15, 0.2) is 0 Å². The second kappa shape index (κ2) is 6.60. The highest BCUT2D eigenvalue weighted by molar-refractivity contribution is 6.34. The maximum Gasteiger partial charge on any atom is 0.258 e. The standard InChI is InChI=1S/C17H14Cl2N2O2/c1-2-3-16-20-15-5-4-12(9-14(15)17(22)21-16)23-13-7-10(18)6-11(19)8-13/h4-9H,2-3H2,1H3,(H,20,21,22). The van der Waals surface area contributed by atoms with Gasteiger partial charge < -0.3 is 9.72 Å². The van der Waals surface area contributed by atoms with Gasteiger partial charge in [0.25, 0.3) is 5.56 Å². The lowest BCUT2D eigenvalue weighted by atomic mass is 10.2. The molecule has 0 aliphatic heterocycles. The molecule has 0 unspecified atom stereocenters. The van der Waals surface area contributed by atoms with Crippen LogP contribution in [0.5, 0.6) is 11.5 Å². The number of aromatic nitrogens is 2. The minimum Gasteiger partial charge on any atom is -0.457 e. The fourth-order valence-electron chi connectivity index (χ4n) is 2.31. The topological polar surface area (TPSA) is 55.0 Å². The molecule has 0 aliphatic carbocycles. The summed E-state index contributed by atoms with van der Waals surface area (Å²) in [6.45, 7) is 2.04. The summed E-state index contributed by atoms with van der Waals surface area (Å²) in [5.41, 5.74) is 0.474. The molecule has 6 heteroatoms. The van der Waals surface area contributed by atoms with Gasteiger partial charge in [0, 0.05) is 16.5 Å². The molecular formula is C17H14Cl2N2O2. The van der Waals surface area contributed by atoms with Crippen LogP contribution in [0.1, 0.15) is 19.2 Å². The van der Waals surface area contributed by atoms with Crippen molar-refractivity contribution in [3.05, 3.63) is 62.6 Å². The van der Waals surface area contributed by atoms with Crippen molar-refractivity contribution in [2.45, 2.75) is 19.8 Å². The quantitative estimate of drug-likeness (QED) is 0.723. The fourth-order valence-corrected chi connectivity index (χ4v) is 2.81. The van der Waals surface area contributed by atoms with Crippen LogP contribution >= 0.6 is 23.2 Å². The van der Waals surface area contributed by atoms with Crippen LogP contribution in [-0.2, 0) is 6.42 Å². The third-order valence-electron chi connectivity index (χ3n) is 3.28. The Morgan fingerprint density at radius 1 is 1.09 bits per heavy atom. The molecule has 0 aliphatic rings. The van der Waals surface area contributed by atoms with Gasteiger partial charge >= 0.3 is 0 Å². The van der Waals surface area contributed by atoms with E-state index >= 15 is 0 Å². The number of halogens is 2. The van der Waals surface area contributed by atoms with E-state index in [1.54, 1.807) is 36.4 Å². The van der Waals surface area contributed by atoms with Crippen molar-refractivity contribution in [3.8, 4) is 11.5 Å². The average molecular weight is 349 g/mol. The lowest BCUT2D eigenvalue weighted by Gasteiger charge is -2.08. The Bertz CT molecular complexity index is 902. The molecule has 3 rings (SSSR count). The number of fused-ring (bicyclic) bond motifs is 1. The number of nitrogens with zero attached hydrogens (tertiary/aromatic N) is 1. The number of ether oxygens (including phenoxy) is 1. The summed E-state index contributed by atoms with van der Waals surface area (Å²) in [7, 11) is 0. The summed E-state index contributed by atoms with van der Waals surface area (Å²) in [4.78, 5) is 19.4. The zero-order valence-electron chi connectivity index (χ0n) is 12.4. The van der Waals surface area contributed by atoms with Gasteiger partial charge in [-0.3, -0.25) is 4.79 Å². The fraction of sp³-hybridized carbons (Fsp3) is 0.176. The van der Waals surface area contributed by atoms with Gasteiger partial charge in [-0.2, -0.15) is 0 Å². The van der Waals surface area contributed by atoms with Crippen molar-refractivity contribution in [2.75, 3.05) is 0 Å². The molecule has 0 saturated carbocycles. The lowest BCUT2D eigenvalue weighted by Crippen LogP contribution is -2.11. The maximum absolute atomic E-state index is 12.2. The van der Waals surface area contributed by atoms with E-state index in [1.165, 1.54) is 0 Å². The Labute approximate surface area is 143 Å². The molecule has 0 saturated heterocycles. The molecule has 23 heavy (non-hydrogen) atoms. The van der Waals surface area contributed by atoms with E-state index in [4.69, 9.17) is 27.9 Å². The van der Waals surface area contributed by atoms with Gasteiger partial charge in [0.05, 0.1) is 10.9 Å². The first-order valence-corrected chi connectivity index (χ1v) is 7.97. The second-order valence-corrected chi connectivity index (χ2v) is 6.02. The number of H-pyrrole nitrogens is 1. The number of hydrogen-bond donors (Lipinski definition) is 1. The van der Waals surface area contributed by atoms with Crippen LogP contribution in [0.3, 0.4) is 0 Å². The Kier molecular flexibility index (Phi) is 4.55. The zero-order valence-corrected chi connectivity index (χ0v) is 13.9. The van der Waals surface area contributed by atoms with E-state index in [9.17, 15) is 4.79 Å². The number of rotatable bonds is 4. The summed E-state index contributed by atoms with van der Waals surface area (Å²) >= 11 is 11.9. The normalized spacial score (nSPS) is 10.9. The van der Waals surface area contributed by atoms with E-state index < -0.39 is 0 Å². The minimum absolute atomic E-state index is 0.173. The molecule has 1 aromatic heterocycles. The van der Waals surface area contributed by atoms with E-state index in [2.05, 4.69) is 9.97 Å². The van der Waals surface area contributed by atoms with Gasteiger partial charge in [-0.1, -0.05) is 30.1 Å². The molecule has 0 amide bonds. The van der Waals surface area contributed by atoms with Crippen LogP contribution in [0.4, 0.5) is 0 Å². The van der Waals surface area contributed by atoms with Crippen LogP contribution in [0.15, 0.2) is 41.2 Å². The van der Waals surface area contributed by atoms with E-state index in [1.807, 2.05) is 6.92 Å². The number of aryl methyl sites for hydroxylation is 1. The Balaban J connectivity index is 1.98. The molecule has 2 aromatic carbocycles. The first kappa shape index (κ1) is 15.8. The molecule has 4 nitrogen and oxygen atoms in total. The van der Waals surface area contributed by atoms with Gasteiger partial charge in [-0.25, -0.2) is 4.98 Å². The molecule has 0 spiro atoms. The molecular weight excluding hydrogens is 335 g/mol.